The molecule has 25 heavy (non-hydrogen) atoms. The fraction of sp³-hybridized carbons (Fsp3) is 0.278. The van der Waals surface area contributed by atoms with E-state index >= 15 is 0 Å². The zero-order valence-corrected chi connectivity index (χ0v) is 14.0. The number of carboxylic acids is 1. The van der Waals surface area contributed by atoms with Crippen LogP contribution in [0.2, 0.25) is 5.02 Å². The summed E-state index contributed by atoms with van der Waals surface area (Å²) in [6.45, 7) is 0.317. The van der Waals surface area contributed by atoms with Crippen LogP contribution in [0.15, 0.2) is 36.7 Å². The van der Waals surface area contributed by atoms with Gasteiger partial charge in [0.2, 0.25) is 0 Å². The monoisotopic (exact) mass is 361 g/mol. The Morgan fingerprint density at radius 2 is 2.00 bits per heavy atom. The fourth-order valence-corrected chi connectivity index (χ4v) is 2.79. The van der Waals surface area contributed by atoms with Crippen LogP contribution < -0.4 is 4.74 Å². The maximum absolute atomic E-state index is 11.8. The van der Waals surface area contributed by atoms with E-state index in [1.165, 1.54) is 6.20 Å². The number of fused-ring (bicyclic) bond motifs is 1. The molecule has 0 saturated carbocycles. The first-order valence-electron chi connectivity index (χ1n) is 7.78. The summed E-state index contributed by atoms with van der Waals surface area (Å²) in [7, 11) is 0. The lowest BCUT2D eigenvalue weighted by Gasteiger charge is -2.11. The number of carbonyl (C=O) groups is 2. The van der Waals surface area contributed by atoms with Crippen molar-refractivity contribution in [2.24, 2.45) is 0 Å². The summed E-state index contributed by atoms with van der Waals surface area (Å²) in [4.78, 5) is 26.4. The van der Waals surface area contributed by atoms with Gasteiger partial charge in [0.25, 0.3) is 0 Å². The number of hydrogen-bond donors (Lipinski definition) is 1. The highest BCUT2D eigenvalue weighted by Gasteiger charge is 2.27. The highest BCUT2D eigenvalue weighted by atomic mass is 35.5. The van der Waals surface area contributed by atoms with Gasteiger partial charge in [0.15, 0.2) is 5.75 Å². The lowest BCUT2D eigenvalue weighted by atomic mass is 10.0. The number of carbonyl (C=O) groups excluding carboxylic acids is 1. The van der Waals surface area contributed by atoms with Crippen LogP contribution in [-0.2, 0) is 27.4 Å². The minimum absolute atomic E-state index is 0.179. The van der Waals surface area contributed by atoms with Crippen LogP contribution in [0.4, 0.5) is 0 Å². The zero-order chi connectivity index (χ0) is 17.8. The zero-order valence-electron chi connectivity index (χ0n) is 13.3. The van der Waals surface area contributed by atoms with E-state index in [1.807, 2.05) is 24.3 Å². The Hall–Kier alpha value is -2.44. The molecule has 2 aromatic rings. The Balaban J connectivity index is 1.71. The first-order valence-corrected chi connectivity index (χ1v) is 8.16. The van der Waals surface area contributed by atoms with Crippen LogP contribution in [0.25, 0.3) is 0 Å². The number of aromatic nitrogens is 1. The highest BCUT2D eigenvalue weighted by Crippen LogP contribution is 2.37. The van der Waals surface area contributed by atoms with E-state index in [2.05, 4.69) is 4.98 Å². The Bertz CT molecular complexity index is 791. The molecule has 0 radical (unpaired) electrons. The molecule has 0 bridgehead atoms. The highest BCUT2D eigenvalue weighted by molar-refractivity contribution is 6.30. The fourth-order valence-electron chi connectivity index (χ4n) is 2.66. The van der Waals surface area contributed by atoms with Crippen LogP contribution in [0.3, 0.4) is 0 Å². The molecule has 0 spiro atoms. The molecule has 2 heterocycles. The quantitative estimate of drug-likeness (QED) is 0.794. The number of carboxylic acid groups (broad SMARTS) is 1. The van der Waals surface area contributed by atoms with E-state index in [0.717, 1.165) is 16.7 Å². The predicted octanol–water partition coefficient (Wildman–Crippen LogP) is 3.32. The van der Waals surface area contributed by atoms with Gasteiger partial charge in [-0.25, -0.2) is 0 Å². The summed E-state index contributed by atoms with van der Waals surface area (Å²) in [6.07, 6.45) is 3.18. The van der Waals surface area contributed by atoms with Crippen LogP contribution in [0.5, 0.6) is 5.75 Å². The lowest BCUT2D eigenvalue weighted by Crippen LogP contribution is -2.11. The summed E-state index contributed by atoms with van der Waals surface area (Å²) >= 11 is 5.90. The summed E-state index contributed by atoms with van der Waals surface area (Å²) in [5.41, 5.74) is 2.72. The van der Waals surface area contributed by atoms with Crippen molar-refractivity contribution in [1.82, 2.24) is 4.98 Å². The van der Waals surface area contributed by atoms with Crippen LogP contribution in [-0.4, -0.2) is 22.0 Å². The van der Waals surface area contributed by atoms with Crippen molar-refractivity contribution in [1.29, 1.82) is 0 Å². The maximum Gasteiger partial charge on any atom is 0.311 e. The Morgan fingerprint density at radius 3 is 2.72 bits per heavy atom. The van der Waals surface area contributed by atoms with Gasteiger partial charge in [0, 0.05) is 28.8 Å². The van der Waals surface area contributed by atoms with Gasteiger partial charge in [0.05, 0.1) is 31.7 Å². The number of halogens is 1. The average Bonchev–Trinajstić information content (AvgIpc) is 2.99. The molecule has 3 rings (SSSR count). The number of hydrogen-bond acceptors (Lipinski definition) is 5. The topological polar surface area (TPSA) is 85.7 Å². The molecule has 1 aromatic heterocycles. The molecule has 1 aromatic carbocycles. The minimum atomic E-state index is -1.04. The van der Waals surface area contributed by atoms with Crippen molar-refractivity contribution in [3.8, 4) is 5.75 Å². The smallest absolute Gasteiger partial charge is 0.311 e. The summed E-state index contributed by atoms with van der Waals surface area (Å²) in [6, 6.07) is 7.52. The van der Waals surface area contributed by atoms with Gasteiger partial charge in [-0.05, 0) is 17.7 Å². The van der Waals surface area contributed by atoms with E-state index < -0.39 is 11.9 Å². The molecule has 1 atom stereocenters. The summed E-state index contributed by atoms with van der Waals surface area (Å²) in [5.74, 6) is -1.31. The molecular weight excluding hydrogens is 346 g/mol. The number of ether oxygens (including phenoxy) is 2. The molecular formula is C18H16ClNO5. The molecule has 0 amide bonds. The van der Waals surface area contributed by atoms with Crippen LogP contribution in [0.1, 0.15) is 35.6 Å². The van der Waals surface area contributed by atoms with E-state index in [-0.39, 0.29) is 18.9 Å². The Kier molecular flexibility index (Phi) is 5.31. The van der Waals surface area contributed by atoms with E-state index in [0.29, 0.717) is 23.8 Å². The molecule has 1 aliphatic rings. The number of rotatable bonds is 6. The molecule has 0 unspecified atom stereocenters. The van der Waals surface area contributed by atoms with Crippen molar-refractivity contribution in [2.45, 2.75) is 32.0 Å². The number of nitrogens with zero attached hydrogens (tertiary/aromatic N) is 1. The second-order valence-corrected chi connectivity index (χ2v) is 6.14. The van der Waals surface area contributed by atoms with Crippen molar-refractivity contribution in [3.05, 3.63) is 58.4 Å². The third-order valence-corrected chi connectivity index (χ3v) is 4.18. The van der Waals surface area contributed by atoms with Crippen molar-refractivity contribution in [3.63, 3.8) is 0 Å². The molecule has 0 saturated heterocycles. The van der Waals surface area contributed by atoms with E-state index in [1.54, 1.807) is 6.20 Å². The Morgan fingerprint density at radius 1 is 1.24 bits per heavy atom. The van der Waals surface area contributed by atoms with Gasteiger partial charge in [-0.1, -0.05) is 23.7 Å². The normalized spacial score (nSPS) is 15.6. The van der Waals surface area contributed by atoms with Gasteiger partial charge >= 0.3 is 11.9 Å². The van der Waals surface area contributed by atoms with Crippen molar-refractivity contribution < 1.29 is 24.2 Å². The van der Waals surface area contributed by atoms with E-state index in [4.69, 9.17) is 26.2 Å². The van der Waals surface area contributed by atoms with Crippen molar-refractivity contribution >= 4 is 23.5 Å². The Labute approximate surface area is 149 Å². The number of aliphatic carboxylic acids is 1. The first kappa shape index (κ1) is 17.4. The number of pyridine rings is 1. The van der Waals surface area contributed by atoms with E-state index in [9.17, 15) is 9.59 Å². The second-order valence-electron chi connectivity index (χ2n) is 5.70. The third kappa shape index (κ3) is 4.35. The summed E-state index contributed by atoms with van der Waals surface area (Å²) in [5, 5.41) is 9.30. The van der Waals surface area contributed by atoms with Gasteiger partial charge in [0.1, 0.15) is 0 Å². The molecule has 7 heteroatoms. The largest absolute Gasteiger partial charge is 0.481 e. The van der Waals surface area contributed by atoms with Gasteiger partial charge < -0.3 is 14.6 Å². The predicted molar refractivity (Wildman–Crippen MR) is 89.4 cm³/mol. The molecule has 0 fully saturated rings. The number of benzene rings is 1. The average molecular weight is 362 g/mol. The molecule has 0 aliphatic carbocycles. The van der Waals surface area contributed by atoms with Crippen molar-refractivity contribution in [2.75, 3.05) is 0 Å². The van der Waals surface area contributed by atoms with Crippen LogP contribution >= 0.6 is 11.6 Å². The van der Waals surface area contributed by atoms with Gasteiger partial charge in [-0.2, -0.15) is 0 Å². The molecule has 130 valence electrons. The first-order chi connectivity index (χ1) is 12.0. The molecule has 1 aliphatic heterocycles. The van der Waals surface area contributed by atoms with Gasteiger partial charge in [-0.15, -0.1) is 0 Å². The summed E-state index contributed by atoms with van der Waals surface area (Å²) < 4.78 is 11.1. The standard InChI is InChI=1S/C18H16ClNO5/c19-12-3-1-11(2-4-12)7-15-13-8-20-9-16(14(13)10-24-15)25-18(23)6-5-17(21)22/h1-4,8-9,15H,5-7,10H2,(H,21,22)/t15-/m0/s1. The third-order valence-electron chi connectivity index (χ3n) is 3.93. The van der Waals surface area contributed by atoms with Crippen LogP contribution in [0, 0.1) is 0 Å². The minimum Gasteiger partial charge on any atom is -0.481 e. The second kappa shape index (κ2) is 7.63. The number of esters is 1. The molecule has 6 nitrogen and oxygen atoms in total. The SMILES string of the molecule is O=C(O)CCC(=O)Oc1cncc2c1CO[C@H]2Cc1ccc(Cl)cc1. The lowest BCUT2D eigenvalue weighted by molar-refractivity contribution is -0.142. The molecule has 1 N–H and O–H groups in total. The maximum atomic E-state index is 11.8. The van der Waals surface area contributed by atoms with Gasteiger partial charge in [-0.3, -0.25) is 14.6 Å².